The fourth-order valence-corrected chi connectivity index (χ4v) is 4.24. The molecule has 0 bridgehead atoms. The van der Waals surface area contributed by atoms with E-state index in [0.717, 1.165) is 24.1 Å². The average molecular weight is 441 g/mol. The summed E-state index contributed by atoms with van der Waals surface area (Å²) in [4.78, 5) is 25.4. The Bertz CT molecular complexity index is 1020. The van der Waals surface area contributed by atoms with Crippen LogP contribution >= 0.6 is 0 Å². The Hall–Kier alpha value is -3.16. The van der Waals surface area contributed by atoms with Crippen LogP contribution in [0, 0.1) is 11.7 Å². The number of allylic oxidation sites excluding steroid dienone is 1. The van der Waals surface area contributed by atoms with Crippen molar-refractivity contribution in [1.82, 2.24) is 14.9 Å². The number of likely N-dealkylation sites (N-methyl/N-ethyl adjacent to an activating group) is 1. The van der Waals surface area contributed by atoms with Crippen LogP contribution in [0.2, 0.25) is 0 Å². The van der Waals surface area contributed by atoms with E-state index in [1.54, 1.807) is 11.9 Å². The summed E-state index contributed by atoms with van der Waals surface area (Å²) in [6.45, 7) is 5.75. The quantitative estimate of drug-likeness (QED) is 0.749. The van der Waals surface area contributed by atoms with E-state index in [0.29, 0.717) is 37.9 Å². The van der Waals surface area contributed by atoms with Crippen LogP contribution in [-0.4, -0.2) is 58.9 Å². The Morgan fingerprint density at radius 1 is 1.38 bits per heavy atom. The lowest BCUT2D eigenvalue weighted by molar-refractivity contribution is 0.0999. The largest absolute Gasteiger partial charge is 0.507 e. The molecule has 1 aromatic heterocycles. The number of halogens is 1. The van der Waals surface area contributed by atoms with E-state index in [-0.39, 0.29) is 29.3 Å². The molecule has 0 radical (unpaired) electrons. The van der Waals surface area contributed by atoms with Gasteiger partial charge in [-0.15, -0.1) is 0 Å². The van der Waals surface area contributed by atoms with Crippen molar-refractivity contribution in [3.8, 4) is 17.1 Å². The Morgan fingerprint density at radius 3 is 2.94 bits per heavy atom. The molecule has 8 heteroatoms. The molecule has 1 aliphatic heterocycles. The van der Waals surface area contributed by atoms with E-state index in [2.05, 4.69) is 22.9 Å². The molecule has 1 amide bonds. The number of benzene rings is 1. The number of rotatable bonds is 5. The molecule has 2 heterocycles. The molecule has 4 rings (SSSR count). The second-order valence-electron chi connectivity index (χ2n) is 8.52. The highest BCUT2D eigenvalue weighted by molar-refractivity contribution is 5.73. The summed E-state index contributed by atoms with van der Waals surface area (Å²) in [6, 6.07) is 4.17. The van der Waals surface area contributed by atoms with Gasteiger partial charge >= 0.3 is 6.09 Å². The average Bonchev–Trinajstić information content (AvgIpc) is 3.26. The second-order valence-corrected chi connectivity index (χ2v) is 8.52. The Morgan fingerprint density at radius 2 is 2.19 bits per heavy atom. The maximum absolute atomic E-state index is 14.6. The third kappa shape index (κ3) is 4.26. The van der Waals surface area contributed by atoms with Crippen LogP contribution in [-0.2, 0) is 11.2 Å². The van der Waals surface area contributed by atoms with Gasteiger partial charge < -0.3 is 19.6 Å². The molecule has 1 N–H and O–H groups in total. The van der Waals surface area contributed by atoms with Gasteiger partial charge in [0.25, 0.3) is 0 Å². The zero-order chi connectivity index (χ0) is 22.8. The lowest BCUT2D eigenvalue weighted by atomic mass is 9.94. The van der Waals surface area contributed by atoms with E-state index in [4.69, 9.17) is 9.72 Å². The third-order valence-corrected chi connectivity index (χ3v) is 6.05. The predicted octanol–water partition coefficient (Wildman–Crippen LogP) is 4.25. The Labute approximate surface area is 187 Å². The zero-order valence-corrected chi connectivity index (χ0v) is 18.7. The van der Waals surface area contributed by atoms with Crippen molar-refractivity contribution in [1.29, 1.82) is 0 Å². The SMILES string of the molecule is CCCOC(=O)N(C)[C@@H]1CCN(c2nc(-c3c(O)cccc3F)nc3c2C=CC(C)C3)C1. The summed E-state index contributed by atoms with van der Waals surface area (Å²) in [7, 11) is 1.76. The molecular weight excluding hydrogens is 411 g/mol. The molecule has 0 spiro atoms. The summed E-state index contributed by atoms with van der Waals surface area (Å²) < 4.78 is 19.9. The van der Waals surface area contributed by atoms with Gasteiger partial charge in [-0.2, -0.15) is 0 Å². The number of phenols is 1. The number of phenolic OH excluding ortho intramolecular Hbond substituents is 1. The monoisotopic (exact) mass is 440 g/mol. The number of hydrogen-bond donors (Lipinski definition) is 1. The van der Waals surface area contributed by atoms with E-state index < -0.39 is 5.82 Å². The van der Waals surface area contributed by atoms with Crippen molar-refractivity contribution in [3.63, 3.8) is 0 Å². The highest BCUT2D eigenvalue weighted by Gasteiger charge is 2.32. The van der Waals surface area contributed by atoms with E-state index >= 15 is 0 Å². The number of carbonyl (C=O) groups is 1. The highest BCUT2D eigenvalue weighted by Crippen LogP contribution is 2.36. The highest BCUT2D eigenvalue weighted by atomic mass is 19.1. The number of aromatic nitrogens is 2. The Balaban J connectivity index is 1.68. The topological polar surface area (TPSA) is 78.8 Å². The van der Waals surface area contributed by atoms with Crippen LogP contribution in [0.4, 0.5) is 15.0 Å². The van der Waals surface area contributed by atoms with Crippen LogP contribution in [0.3, 0.4) is 0 Å². The zero-order valence-electron chi connectivity index (χ0n) is 18.7. The van der Waals surface area contributed by atoms with Gasteiger partial charge in [-0.25, -0.2) is 19.2 Å². The lowest BCUT2D eigenvalue weighted by Crippen LogP contribution is -2.39. The van der Waals surface area contributed by atoms with Crippen LogP contribution < -0.4 is 4.90 Å². The molecule has 7 nitrogen and oxygen atoms in total. The number of carbonyl (C=O) groups excluding carboxylic acids is 1. The summed E-state index contributed by atoms with van der Waals surface area (Å²) >= 11 is 0. The van der Waals surface area contributed by atoms with Gasteiger partial charge in [-0.1, -0.05) is 32.1 Å². The molecule has 32 heavy (non-hydrogen) atoms. The second kappa shape index (κ2) is 9.14. The maximum atomic E-state index is 14.6. The first-order chi connectivity index (χ1) is 15.4. The molecule has 2 aromatic rings. The van der Waals surface area contributed by atoms with Crippen LogP contribution in [0.25, 0.3) is 17.5 Å². The minimum absolute atomic E-state index is 0.00904. The number of nitrogens with zero attached hydrogens (tertiary/aromatic N) is 4. The predicted molar refractivity (Wildman–Crippen MR) is 121 cm³/mol. The van der Waals surface area contributed by atoms with Gasteiger partial charge in [-0.3, -0.25) is 0 Å². The van der Waals surface area contributed by atoms with E-state index in [1.807, 2.05) is 13.0 Å². The minimum atomic E-state index is -0.562. The summed E-state index contributed by atoms with van der Waals surface area (Å²) in [5.41, 5.74) is 1.76. The van der Waals surface area contributed by atoms with Gasteiger partial charge in [0.15, 0.2) is 5.82 Å². The summed E-state index contributed by atoms with van der Waals surface area (Å²) in [5, 5.41) is 10.3. The lowest BCUT2D eigenvalue weighted by Gasteiger charge is -2.27. The van der Waals surface area contributed by atoms with Crippen LogP contribution in [0.1, 0.15) is 37.9 Å². The first-order valence-electron chi connectivity index (χ1n) is 11.1. The van der Waals surface area contributed by atoms with Crippen LogP contribution in [0.5, 0.6) is 5.75 Å². The standard InChI is InChI=1S/C24H29FN4O3/c1-4-12-32-24(31)28(3)16-10-11-29(14-16)23-17-9-8-15(2)13-19(17)26-22(27-23)21-18(25)6-5-7-20(21)30/h5-9,15-16,30H,4,10-14H2,1-3H3/t15?,16-/m1/s1. The molecule has 1 fully saturated rings. The van der Waals surface area contributed by atoms with Crippen molar-refractivity contribution in [2.75, 3.05) is 31.6 Å². The number of hydrogen-bond acceptors (Lipinski definition) is 6. The van der Waals surface area contributed by atoms with Crippen molar-refractivity contribution in [2.24, 2.45) is 5.92 Å². The molecule has 170 valence electrons. The normalized spacial score (nSPS) is 19.7. The van der Waals surface area contributed by atoms with Crippen molar-refractivity contribution >= 4 is 18.0 Å². The van der Waals surface area contributed by atoms with Crippen molar-refractivity contribution < 1.29 is 19.0 Å². The molecule has 2 atom stereocenters. The molecule has 2 aliphatic rings. The van der Waals surface area contributed by atoms with Crippen molar-refractivity contribution in [2.45, 2.75) is 39.2 Å². The number of anilines is 1. The first kappa shape index (κ1) is 22.0. The van der Waals surface area contributed by atoms with E-state index in [1.165, 1.54) is 18.2 Å². The van der Waals surface area contributed by atoms with Gasteiger partial charge in [0, 0.05) is 25.7 Å². The number of fused-ring (bicyclic) bond motifs is 1. The fourth-order valence-electron chi connectivity index (χ4n) is 4.24. The minimum Gasteiger partial charge on any atom is -0.507 e. The van der Waals surface area contributed by atoms with Gasteiger partial charge in [0.1, 0.15) is 17.4 Å². The fraction of sp³-hybridized carbons (Fsp3) is 0.458. The molecular formula is C24H29FN4O3. The third-order valence-electron chi connectivity index (χ3n) is 6.05. The molecule has 1 saturated heterocycles. The number of amides is 1. The molecule has 0 saturated carbocycles. The molecule has 1 aliphatic carbocycles. The maximum Gasteiger partial charge on any atom is 0.409 e. The van der Waals surface area contributed by atoms with E-state index in [9.17, 15) is 14.3 Å². The summed E-state index contributed by atoms with van der Waals surface area (Å²) in [6.07, 6.45) is 6.09. The molecule has 1 aromatic carbocycles. The van der Waals surface area contributed by atoms with Crippen molar-refractivity contribution in [3.05, 3.63) is 41.3 Å². The summed E-state index contributed by atoms with van der Waals surface area (Å²) in [5.74, 6) is 0.434. The molecule has 1 unspecified atom stereocenters. The Kier molecular flexibility index (Phi) is 6.30. The first-order valence-corrected chi connectivity index (χ1v) is 11.1. The van der Waals surface area contributed by atoms with Gasteiger partial charge in [0.2, 0.25) is 0 Å². The smallest absolute Gasteiger partial charge is 0.409 e. The van der Waals surface area contributed by atoms with Crippen LogP contribution in [0.15, 0.2) is 24.3 Å². The van der Waals surface area contributed by atoms with Gasteiger partial charge in [-0.05, 0) is 37.3 Å². The van der Waals surface area contributed by atoms with Gasteiger partial charge in [0.05, 0.1) is 23.9 Å². The number of ether oxygens (including phenoxy) is 1. The number of aromatic hydroxyl groups is 1.